The molecule has 2 fully saturated rings. The molecule has 0 saturated carbocycles. The van der Waals surface area contributed by atoms with Gasteiger partial charge in [0.2, 0.25) is 5.91 Å². The standard InChI is InChI=1S/C65H121NO13/c1-3-5-7-9-11-13-15-17-19-21-22-23-24-25-26-27-28-29-30-31-32-33-35-37-39-41-43-45-47-49-57(70)66-53(54(69)48-46-44-42-40-38-36-34-20-18-16-14-12-10-8-6-4-2)52-76-64-62(75)60(73)63(56(51-68)78-64)79-65-61(74)59(72)58(71)55(50-67)77-65/h18,20,38,40,46,48,53-56,58-65,67-69,71-75H,3-17,19,21-37,39,41-45,47,49-52H2,1-2H3,(H,66,70)/b20-18+,40-38+,48-46+. The van der Waals surface area contributed by atoms with E-state index < -0.39 is 86.8 Å². The minimum absolute atomic E-state index is 0.249. The Kier molecular flexibility index (Phi) is 47.0. The number of allylic oxidation sites excluding steroid dienone is 5. The average molecular weight is 1120 g/mol. The zero-order valence-corrected chi connectivity index (χ0v) is 50.1. The lowest BCUT2D eigenvalue weighted by atomic mass is 9.97. The van der Waals surface area contributed by atoms with Crippen molar-refractivity contribution in [2.24, 2.45) is 0 Å². The molecule has 0 aliphatic carbocycles. The second-order valence-corrected chi connectivity index (χ2v) is 23.2. The molecule has 79 heavy (non-hydrogen) atoms. The van der Waals surface area contributed by atoms with E-state index in [4.69, 9.17) is 18.9 Å². The first kappa shape index (κ1) is 73.3. The van der Waals surface area contributed by atoms with Gasteiger partial charge in [0, 0.05) is 6.42 Å². The lowest BCUT2D eigenvalue weighted by Crippen LogP contribution is -2.65. The molecule has 9 N–H and O–H groups in total. The van der Waals surface area contributed by atoms with Crippen molar-refractivity contribution in [2.75, 3.05) is 19.8 Å². The second-order valence-electron chi connectivity index (χ2n) is 23.2. The SMILES string of the molecule is CCCCCCCC/C=C/CC/C=C/CC/C=C/C(O)C(COC1OC(CO)C(OC2OC(CO)C(O)C(O)C2O)C(O)C1O)NC(=O)CCCCCCCCCCCCCCCCCCCCCCCCCCCCCCC. The highest BCUT2D eigenvalue weighted by atomic mass is 16.7. The number of hydrogen-bond donors (Lipinski definition) is 9. The van der Waals surface area contributed by atoms with E-state index in [-0.39, 0.29) is 18.9 Å². The van der Waals surface area contributed by atoms with Gasteiger partial charge in [-0.1, -0.05) is 262 Å². The van der Waals surface area contributed by atoms with Gasteiger partial charge >= 0.3 is 0 Å². The van der Waals surface area contributed by atoms with Crippen LogP contribution in [0.2, 0.25) is 0 Å². The molecule has 0 spiro atoms. The van der Waals surface area contributed by atoms with E-state index in [1.165, 1.54) is 199 Å². The first-order chi connectivity index (χ1) is 38.6. The minimum Gasteiger partial charge on any atom is -0.394 e. The fraction of sp³-hybridized carbons (Fsp3) is 0.892. The van der Waals surface area contributed by atoms with Crippen LogP contribution in [-0.4, -0.2) is 140 Å². The number of nitrogens with one attached hydrogen (secondary N) is 1. The lowest BCUT2D eigenvalue weighted by molar-refractivity contribution is -0.359. The molecular formula is C65H121NO13. The summed E-state index contributed by atoms with van der Waals surface area (Å²) < 4.78 is 22.8. The summed E-state index contributed by atoms with van der Waals surface area (Å²) in [4.78, 5) is 13.3. The van der Waals surface area contributed by atoms with Crippen LogP contribution in [-0.2, 0) is 23.7 Å². The van der Waals surface area contributed by atoms with Gasteiger partial charge in [0.15, 0.2) is 12.6 Å². The molecule has 0 radical (unpaired) electrons. The van der Waals surface area contributed by atoms with Crippen molar-refractivity contribution in [1.82, 2.24) is 5.32 Å². The molecule has 0 aromatic heterocycles. The van der Waals surface area contributed by atoms with Gasteiger partial charge < -0.3 is 65.1 Å². The van der Waals surface area contributed by atoms with E-state index in [9.17, 15) is 45.6 Å². The maximum atomic E-state index is 13.3. The molecule has 0 aromatic rings. The number of hydrogen-bond acceptors (Lipinski definition) is 13. The van der Waals surface area contributed by atoms with E-state index in [1.54, 1.807) is 6.08 Å². The molecule has 12 unspecified atom stereocenters. The summed E-state index contributed by atoms with van der Waals surface area (Å²) in [7, 11) is 0. The number of ether oxygens (including phenoxy) is 4. The first-order valence-corrected chi connectivity index (χ1v) is 32.7. The highest BCUT2D eigenvalue weighted by Gasteiger charge is 2.51. The van der Waals surface area contributed by atoms with E-state index in [2.05, 4.69) is 43.5 Å². The molecule has 2 aliphatic heterocycles. The Labute approximate surface area is 481 Å². The zero-order chi connectivity index (χ0) is 57.4. The summed E-state index contributed by atoms with van der Waals surface area (Å²) in [6.45, 7) is 2.79. The molecule has 1 amide bonds. The average Bonchev–Trinajstić information content (AvgIpc) is 3.47. The summed E-state index contributed by atoms with van der Waals surface area (Å²) >= 11 is 0. The molecule has 0 aromatic carbocycles. The molecule has 12 atom stereocenters. The molecule has 2 heterocycles. The Morgan fingerprint density at radius 1 is 0.443 bits per heavy atom. The van der Waals surface area contributed by atoms with Gasteiger partial charge in [0.25, 0.3) is 0 Å². The molecule has 2 saturated heterocycles. The van der Waals surface area contributed by atoms with Crippen molar-refractivity contribution in [3.63, 3.8) is 0 Å². The van der Waals surface area contributed by atoms with Gasteiger partial charge in [0.1, 0.15) is 48.8 Å². The number of carbonyl (C=O) groups is 1. The maximum absolute atomic E-state index is 13.3. The number of carbonyl (C=O) groups excluding carboxylic acids is 1. The molecular weight excluding hydrogens is 1000 g/mol. The number of aliphatic hydroxyl groups excluding tert-OH is 8. The van der Waals surface area contributed by atoms with Crippen molar-refractivity contribution >= 4 is 5.91 Å². The minimum atomic E-state index is -1.79. The largest absolute Gasteiger partial charge is 0.394 e. The molecule has 14 heteroatoms. The smallest absolute Gasteiger partial charge is 0.220 e. The molecule has 2 rings (SSSR count). The van der Waals surface area contributed by atoms with Crippen molar-refractivity contribution < 1.29 is 64.6 Å². The first-order valence-electron chi connectivity index (χ1n) is 32.7. The summed E-state index contributed by atoms with van der Waals surface area (Å²) in [6.07, 6.45) is 46.4. The van der Waals surface area contributed by atoms with Crippen LogP contribution in [0.15, 0.2) is 36.5 Å². The van der Waals surface area contributed by atoms with Crippen molar-refractivity contribution in [3.8, 4) is 0 Å². The third-order valence-electron chi connectivity index (χ3n) is 16.1. The Bertz CT molecular complexity index is 1460. The highest BCUT2D eigenvalue weighted by molar-refractivity contribution is 5.76. The Hall–Kier alpha value is -1.79. The normalized spacial score (nSPS) is 24.6. The van der Waals surface area contributed by atoms with Crippen molar-refractivity contribution in [1.29, 1.82) is 0 Å². The summed E-state index contributed by atoms with van der Waals surface area (Å²) in [5.74, 6) is -0.249. The van der Waals surface area contributed by atoms with Crippen molar-refractivity contribution in [3.05, 3.63) is 36.5 Å². The Morgan fingerprint density at radius 2 is 0.810 bits per heavy atom. The molecule has 2 aliphatic rings. The summed E-state index contributed by atoms with van der Waals surface area (Å²) in [6, 6.07) is -0.935. The molecule has 14 nitrogen and oxygen atoms in total. The Morgan fingerprint density at radius 3 is 1.24 bits per heavy atom. The van der Waals surface area contributed by atoms with Crippen LogP contribution in [0.3, 0.4) is 0 Å². The third-order valence-corrected chi connectivity index (χ3v) is 16.1. The van der Waals surface area contributed by atoms with E-state index in [0.717, 1.165) is 44.9 Å². The van der Waals surface area contributed by atoms with Crippen LogP contribution in [0.1, 0.15) is 277 Å². The van der Waals surface area contributed by atoms with E-state index >= 15 is 0 Å². The van der Waals surface area contributed by atoms with Gasteiger partial charge in [-0.3, -0.25) is 4.79 Å². The fourth-order valence-corrected chi connectivity index (χ4v) is 10.8. The predicted molar refractivity (Wildman–Crippen MR) is 318 cm³/mol. The predicted octanol–water partition coefficient (Wildman–Crippen LogP) is 12.2. The number of aliphatic hydroxyl groups is 8. The Balaban J connectivity index is 1.68. The van der Waals surface area contributed by atoms with Crippen LogP contribution in [0.25, 0.3) is 0 Å². The third kappa shape index (κ3) is 35.8. The van der Waals surface area contributed by atoms with Crippen LogP contribution in [0.5, 0.6) is 0 Å². The lowest BCUT2D eigenvalue weighted by Gasteiger charge is -2.46. The van der Waals surface area contributed by atoms with Crippen LogP contribution in [0, 0.1) is 0 Å². The van der Waals surface area contributed by atoms with Gasteiger partial charge in [-0.2, -0.15) is 0 Å². The van der Waals surface area contributed by atoms with Crippen LogP contribution in [0.4, 0.5) is 0 Å². The van der Waals surface area contributed by atoms with Gasteiger partial charge in [-0.05, 0) is 44.9 Å². The highest BCUT2D eigenvalue weighted by Crippen LogP contribution is 2.30. The zero-order valence-electron chi connectivity index (χ0n) is 50.1. The van der Waals surface area contributed by atoms with Gasteiger partial charge in [-0.25, -0.2) is 0 Å². The van der Waals surface area contributed by atoms with Crippen LogP contribution < -0.4 is 5.32 Å². The van der Waals surface area contributed by atoms with Gasteiger partial charge in [0.05, 0.1) is 32.0 Å². The topological polar surface area (TPSA) is 228 Å². The maximum Gasteiger partial charge on any atom is 0.220 e. The quantitative estimate of drug-likeness (QED) is 0.0204. The summed E-state index contributed by atoms with van der Waals surface area (Å²) in [5.41, 5.74) is 0. The molecule has 464 valence electrons. The van der Waals surface area contributed by atoms with Crippen molar-refractivity contribution in [2.45, 2.75) is 351 Å². The fourth-order valence-electron chi connectivity index (χ4n) is 10.8. The second kappa shape index (κ2) is 50.7. The number of unbranched alkanes of at least 4 members (excludes halogenated alkanes) is 36. The monoisotopic (exact) mass is 1120 g/mol. The van der Waals surface area contributed by atoms with E-state index in [0.29, 0.717) is 12.8 Å². The van der Waals surface area contributed by atoms with E-state index in [1.807, 2.05) is 6.08 Å². The summed E-state index contributed by atoms with van der Waals surface area (Å²) in [5, 5.41) is 87.1. The number of rotatable bonds is 53. The van der Waals surface area contributed by atoms with Gasteiger partial charge in [-0.15, -0.1) is 0 Å². The molecule has 0 bridgehead atoms. The van der Waals surface area contributed by atoms with Crippen LogP contribution >= 0.6 is 0 Å². The number of amides is 1.